The number of benzene rings is 1. The Hall–Kier alpha value is -1.57. The topological polar surface area (TPSA) is 64.3 Å². The summed E-state index contributed by atoms with van der Waals surface area (Å²) >= 11 is 6.00. The number of nitriles is 1. The monoisotopic (exact) mass is 294 g/mol. The maximum Gasteiger partial charge on any atom is 0.163 e. The third-order valence-electron chi connectivity index (χ3n) is 3.15. The number of ketones is 1. The van der Waals surface area contributed by atoms with Gasteiger partial charge in [-0.05, 0) is 32.9 Å². The second-order valence-corrected chi connectivity index (χ2v) is 5.43. The molecule has 0 unspecified atom stereocenters. The van der Waals surface area contributed by atoms with Crippen molar-refractivity contribution < 1.29 is 9.90 Å². The Morgan fingerprint density at radius 3 is 2.65 bits per heavy atom. The number of Topliss-reactive ketones (excluding diaryl/α,β-unsaturated/α-hetero) is 1. The summed E-state index contributed by atoms with van der Waals surface area (Å²) in [7, 11) is 0. The number of carbonyl (C=O) groups excluding carboxylic acids is 1. The van der Waals surface area contributed by atoms with Crippen molar-refractivity contribution in [1.29, 1.82) is 5.26 Å². The molecule has 0 atom stereocenters. The van der Waals surface area contributed by atoms with E-state index in [0.29, 0.717) is 30.1 Å². The molecular weight excluding hydrogens is 276 g/mol. The molecule has 0 bridgehead atoms. The normalized spacial score (nSPS) is 10.8. The molecular formula is C15H19ClN2O2. The highest BCUT2D eigenvalue weighted by atomic mass is 35.5. The van der Waals surface area contributed by atoms with Gasteiger partial charge in [-0.25, -0.2) is 0 Å². The molecule has 0 aromatic heterocycles. The van der Waals surface area contributed by atoms with Crippen LogP contribution >= 0.6 is 11.6 Å². The van der Waals surface area contributed by atoms with Gasteiger partial charge in [-0.15, -0.1) is 0 Å². The third-order valence-corrected chi connectivity index (χ3v) is 3.37. The van der Waals surface area contributed by atoms with Gasteiger partial charge in [-0.1, -0.05) is 11.6 Å². The van der Waals surface area contributed by atoms with E-state index in [2.05, 4.69) is 11.0 Å². The molecule has 1 aromatic carbocycles. The van der Waals surface area contributed by atoms with Crippen molar-refractivity contribution in [3.05, 3.63) is 28.3 Å². The van der Waals surface area contributed by atoms with Crippen molar-refractivity contribution in [3.63, 3.8) is 0 Å². The summed E-state index contributed by atoms with van der Waals surface area (Å²) in [4.78, 5) is 13.5. The zero-order valence-electron chi connectivity index (χ0n) is 12.0. The van der Waals surface area contributed by atoms with Crippen molar-refractivity contribution in [2.45, 2.75) is 39.8 Å². The fourth-order valence-corrected chi connectivity index (χ4v) is 2.22. The smallest absolute Gasteiger partial charge is 0.163 e. The number of aromatic hydroxyl groups is 1. The first-order valence-corrected chi connectivity index (χ1v) is 6.88. The Morgan fingerprint density at radius 2 is 2.15 bits per heavy atom. The zero-order valence-corrected chi connectivity index (χ0v) is 12.7. The van der Waals surface area contributed by atoms with Crippen LogP contribution in [-0.4, -0.2) is 28.4 Å². The van der Waals surface area contributed by atoms with Crippen LogP contribution in [0.5, 0.6) is 5.75 Å². The number of hydrogen-bond donors (Lipinski definition) is 1. The van der Waals surface area contributed by atoms with Crippen LogP contribution in [0.4, 0.5) is 0 Å². The van der Waals surface area contributed by atoms with E-state index in [0.717, 1.165) is 0 Å². The van der Waals surface area contributed by atoms with Crippen molar-refractivity contribution in [2.24, 2.45) is 0 Å². The first-order chi connectivity index (χ1) is 9.36. The molecule has 0 saturated heterocycles. The highest BCUT2D eigenvalue weighted by molar-refractivity contribution is 6.31. The Kier molecular flexibility index (Phi) is 6.00. The lowest BCUT2D eigenvalue weighted by molar-refractivity contribution is 0.101. The van der Waals surface area contributed by atoms with Gasteiger partial charge in [-0.2, -0.15) is 5.26 Å². The molecule has 0 heterocycles. The van der Waals surface area contributed by atoms with E-state index >= 15 is 0 Å². The minimum Gasteiger partial charge on any atom is -0.507 e. The minimum atomic E-state index is -0.223. The number of nitrogens with zero attached hydrogens (tertiary/aromatic N) is 2. The van der Waals surface area contributed by atoms with E-state index in [1.54, 1.807) is 6.07 Å². The van der Waals surface area contributed by atoms with Crippen LogP contribution in [0, 0.1) is 11.3 Å². The van der Waals surface area contributed by atoms with E-state index in [1.165, 1.54) is 13.0 Å². The molecule has 0 radical (unpaired) electrons. The van der Waals surface area contributed by atoms with Gasteiger partial charge < -0.3 is 5.11 Å². The van der Waals surface area contributed by atoms with Gasteiger partial charge in [0.1, 0.15) is 5.75 Å². The molecule has 1 N–H and O–H groups in total. The van der Waals surface area contributed by atoms with E-state index in [9.17, 15) is 9.90 Å². The summed E-state index contributed by atoms with van der Waals surface area (Å²) in [6.07, 6.45) is 0.416. The molecule has 1 aromatic rings. The van der Waals surface area contributed by atoms with Crippen molar-refractivity contribution in [2.75, 3.05) is 6.54 Å². The van der Waals surface area contributed by atoms with Crippen LogP contribution in [0.25, 0.3) is 0 Å². The lowest BCUT2D eigenvalue weighted by Crippen LogP contribution is -2.31. The quantitative estimate of drug-likeness (QED) is 0.817. The summed E-state index contributed by atoms with van der Waals surface area (Å²) in [5.41, 5.74) is 0.839. The van der Waals surface area contributed by atoms with E-state index in [-0.39, 0.29) is 23.1 Å². The fraction of sp³-hybridized carbons (Fsp3) is 0.467. The molecule has 108 valence electrons. The molecule has 0 aliphatic rings. The van der Waals surface area contributed by atoms with Crippen molar-refractivity contribution in [1.82, 2.24) is 4.90 Å². The molecule has 0 amide bonds. The minimum absolute atomic E-state index is 0.0236. The first-order valence-electron chi connectivity index (χ1n) is 6.50. The SMILES string of the molecule is CC(=O)c1cc(Cl)cc(CN(CCC#N)C(C)C)c1O. The molecule has 1 rings (SSSR count). The number of carbonyl (C=O) groups is 1. The van der Waals surface area contributed by atoms with Crippen LogP contribution in [0.1, 0.15) is 43.1 Å². The predicted molar refractivity (Wildman–Crippen MR) is 78.9 cm³/mol. The Morgan fingerprint density at radius 1 is 1.50 bits per heavy atom. The number of phenols is 1. The number of hydrogen-bond acceptors (Lipinski definition) is 4. The Bertz CT molecular complexity index is 535. The molecule has 5 heteroatoms. The molecule has 0 spiro atoms. The van der Waals surface area contributed by atoms with Crippen LogP contribution in [-0.2, 0) is 6.54 Å². The molecule has 0 fully saturated rings. The second kappa shape index (κ2) is 7.28. The van der Waals surface area contributed by atoms with Gasteiger partial charge in [0, 0.05) is 36.1 Å². The summed E-state index contributed by atoms with van der Waals surface area (Å²) in [6, 6.07) is 5.46. The maximum absolute atomic E-state index is 11.5. The van der Waals surface area contributed by atoms with E-state index in [4.69, 9.17) is 16.9 Å². The van der Waals surface area contributed by atoms with Gasteiger partial charge in [-0.3, -0.25) is 9.69 Å². The van der Waals surface area contributed by atoms with Crippen LogP contribution in [0.15, 0.2) is 12.1 Å². The lowest BCUT2D eigenvalue weighted by Gasteiger charge is -2.26. The van der Waals surface area contributed by atoms with Gasteiger partial charge in [0.25, 0.3) is 0 Å². The summed E-state index contributed by atoms with van der Waals surface area (Å²) in [6.45, 7) is 6.49. The largest absolute Gasteiger partial charge is 0.507 e. The number of phenolic OH excluding ortho intramolecular Hbond substituents is 1. The molecule has 0 aliphatic heterocycles. The molecule has 0 aliphatic carbocycles. The predicted octanol–water partition coefficient (Wildman–Crippen LogP) is 3.37. The van der Waals surface area contributed by atoms with E-state index in [1.807, 2.05) is 13.8 Å². The van der Waals surface area contributed by atoms with Gasteiger partial charge in [0.15, 0.2) is 5.78 Å². The van der Waals surface area contributed by atoms with Crippen molar-refractivity contribution in [3.8, 4) is 11.8 Å². The van der Waals surface area contributed by atoms with Crippen LogP contribution in [0.2, 0.25) is 5.02 Å². The maximum atomic E-state index is 11.5. The fourth-order valence-electron chi connectivity index (χ4n) is 1.98. The van der Waals surface area contributed by atoms with Gasteiger partial charge >= 0.3 is 0 Å². The number of rotatable bonds is 6. The zero-order chi connectivity index (χ0) is 15.3. The average molecular weight is 295 g/mol. The summed E-state index contributed by atoms with van der Waals surface area (Å²) in [5.74, 6) is -0.246. The van der Waals surface area contributed by atoms with E-state index < -0.39 is 0 Å². The molecule has 0 saturated carbocycles. The summed E-state index contributed by atoms with van der Waals surface area (Å²) in [5, 5.41) is 19.3. The summed E-state index contributed by atoms with van der Waals surface area (Å²) < 4.78 is 0. The lowest BCUT2D eigenvalue weighted by atomic mass is 10.0. The third kappa shape index (κ3) is 4.22. The standard InChI is InChI=1S/C15H19ClN2O2/c1-10(2)18(6-4-5-17)9-12-7-13(16)8-14(11(3)19)15(12)20/h7-8,10,20H,4,6,9H2,1-3H3. The number of halogens is 1. The Balaban J connectivity index is 3.06. The van der Waals surface area contributed by atoms with Crippen LogP contribution < -0.4 is 0 Å². The second-order valence-electron chi connectivity index (χ2n) is 4.99. The molecule has 20 heavy (non-hydrogen) atoms. The highest BCUT2D eigenvalue weighted by Gasteiger charge is 2.17. The van der Waals surface area contributed by atoms with Crippen LogP contribution in [0.3, 0.4) is 0 Å². The Labute approximate surface area is 124 Å². The highest BCUT2D eigenvalue weighted by Crippen LogP contribution is 2.29. The molecule has 4 nitrogen and oxygen atoms in total. The average Bonchev–Trinajstić information content (AvgIpc) is 2.37. The van der Waals surface area contributed by atoms with Gasteiger partial charge in [0.05, 0.1) is 11.6 Å². The van der Waals surface area contributed by atoms with Crippen molar-refractivity contribution >= 4 is 17.4 Å². The van der Waals surface area contributed by atoms with Gasteiger partial charge in [0.2, 0.25) is 0 Å². The first kappa shape index (κ1) is 16.5.